The average molecular weight is 310 g/mol. The first kappa shape index (κ1) is 15.1. The summed E-state index contributed by atoms with van der Waals surface area (Å²) in [6, 6.07) is 7.52. The largest absolute Gasteiger partial charge is 0.506 e. The van der Waals surface area contributed by atoms with Gasteiger partial charge < -0.3 is 14.8 Å². The number of hydrogen-bond donors (Lipinski definition) is 2. The third-order valence-electron chi connectivity index (χ3n) is 4.18. The summed E-state index contributed by atoms with van der Waals surface area (Å²) < 4.78 is 5.67. The van der Waals surface area contributed by atoms with E-state index in [9.17, 15) is 9.90 Å². The summed E-state index contributed by atoms with van der Waals surface area (Å²) in [7, 11) is 0. The van der Waals surface area contributed by atoms with Gasteiger partial charge in [-0.1, -0.05) is 18.2 Å². The van der Waals surface area contributed by atoms with Gasteiger partial charge in [0.1, 0.15) is 17.2 Å². The van der Waals surface area contributed by atoms with Crippen LogP contribution < -0.4 is 5.32 Å². The highest BCUT2D eigenvalue weighted by atomic mass is 16.3. The van der Waals surface area contributed by atoms with Crippen molar-refractivity contribution >= 4 is 22.7 Å². The molecule has 0 saturated heterocycles. The predicted molar refractivity (Wildman–Crippen MR) is 89.0 cm³/mol. The predicted octanol–water partition coefficient (Wildman–Crippen LogP) is 4.02. The molecule has 3 rings (SSSR count). The van der Waals surface area contributed by atoms with Gasteiger partial charge in [0.2, 0.25) is 0 Å². The van der Waals surface area contributed by atoms with Crippen LogP contribution in [0.5, 0.6) is 5.75 Å². The lowest BCUT2D eigenvalue weighted by atomic mass is 10.1. The molecule has 5 nitrogen and oxygen atoms in total. The molecule has 0 fully saturated rings. The number of aromatic nitrogens is 1. The number of aryl methyl sites for hydroxylation is 2. The van der Waals surface area contributed by atoms with Crippen molar-refractivity contribution in [2.24, 2.45) is 0 Å². The molecular weight excluding hydrogens is 292 g/mol. The van der Waals surface area contributed by atoms with E-state index in [1.165, 1.54) is 0 Å². The highest BCUT2D eigenvalue weighted by Crippen LogP contribution is 2.29. The molecule has 0 saturated carbocycles. The van der Waals surface area contributed by atoms with Crippen LogP contribution in [0, 0.1) is 27.7 Å². The number of carbonyl (C=O) groups is 1. The zero-order valence-corrected chi connectivity index (χ0v) is 13.5. The molecule has 0 bridgehead atoms. The molecule has 0 aliphatic heterocycles. The van der Waals surface area contributed by atoms with Gasteiger partial charge in [0.15, 0.2) is 5.76 Å². The van der Waals surface area contributed by atoms with Crippen LogP contribution in [0.3, 0.4) is 0 Å². The van der Waals surface area contributed by atoms with Gasteiger partial charge in [-0.05, 0) is 44.9 Å². The number of para-hydroxylation sites is 1. The van der Waals surface area contributed by atoms with Gasteiger partial charge in [-0.3, -0.25) is 4.79 Å². The van der Waals surface area contributed by atoms with Gasteiger partial charge in [0.25, 0.3) is 5.91 Å². The molecule has 1 amide bonds. The molecule has 0 aliphatic rings. The lowest BCUT2D eigenvalue weighted by Crippen LogP contribution is -2.15. The van der Waals surface area contributed by atoms with Crippen molar-refractivity contribution in [3.63, 3.8) is 0 Å². The maximum Gasteiger partial charge on any atom is 0.292 e. The Labute approximate surface area is 134 Å². The molecule has 0 spiro atoms. The zero-order chi connectivity index (χ0) is 16.7. The standard InChI is InChI=1S/C18H18N2O3/c1-9-10(2)17(19-12(4)15(9)21)20-18(22)16-11(3)13-7-5-6-8-14(13)23-16/h5-8,21H,1-4H3,(H,19,20,22). The van der Waals surface area contributed by atoms with Crippen LogP contribution in [0.25, 0.3) is 11.0 Å². The van der Waals surface area contributed by atoms with Crippen LogP contribution in [-0.4, -0.2) is 16.0 Å². The van der Waals surface area contributed by atoms with Crippen molar-refractivity contribution < 1.29 is 14.3 Å². The number of aromatic hydroxyl groups is 1. The number of rotatable bonds is 2. The average Bonchev–Trinajstić information content (AvgIpc) is 2.88. The number of carbonyl (C=O) groups excluding carboxylic acids is 1. The summed E-state index contributed by atoms with van der Waals surface area (Å²) in [5, 5.41) is 13.6. The number of nitrogens with zero attached hydrogens (tertiary/aromatic N) is 1. The van der Waals surface area contributed by atoms with Gasteiger partial charge in [-0.25, -0.2) is 4.98 Å². The lowest BCUT2D eigenvalue weighted by Gasteiger charge is -2.12. The van der Waals surface area contributed by atoms with E-state index in [1.54, 1.807) is 13.8 Å². The fourth-order valence-corrected chi connectivity index (χ4v) is 2.61. The van der Waals surface area contributed by atoms with Crippen molar-refractivity contribution in [2.45, 2.75) is 27.7 Å². The van der Waals surface area contributed by atoms with Crippen LogP contribution in [0.2, 0.25) is 0 Å². The Kier molecular flexibility index (Phi) is 3.56. The molecule has 2 heterocycles. The first-order valence-electron chi connectivity index (χ1n) is 7.36. The zero-order valence-electron chi connectivity index (χ0n) is 13.5. The Morgan fingerprint density at radius 1 is 1.09 bits per heavy atom. The van der Waals surface area contributed by atoms with E-state index in [0.717, 1.165) is 16.5 Å². The van der Waals surface area contributed by atoms with Gasteiger partial charge in [-0.15, -0.1) is 0 Å². The molecule has 2 N–H and O–H groups in total. The number of pyridine rings is 1. The Bertz CT molecular complexity index is 926. The number of furan rings is 1. The molecule has 5 heteroatoms. The number of nitrogens with one attached hydrogen (secondary N) is 1. The van der Waals surface area contributed by atoms with Crippen LogP contribution >= 0.6 is 0 Å². The Balaban J connectivity index is 2.00. The van der Waals surface area contributed by atoms with Gasteiger partial charge >= 0.3 is 0 Å². The molecular formula is C18H18N2O3. The van der Waals surface area contributed by atoms with E-state index in [1.807, 2.05) is 38.1 Å². The quantitative estimate of drug-likeness (QED) is 0.749. The number of fused-ring (bicyclic) bond motifs is 1. The Morgan fingerprint density at radius 2 is 1.78 bits per heavy atom. The van der Waals surface area contributed by atoms with Crippen molar-refractivity contribution in [1.82, 2.24) is 4.98 Å². The molecule has 2 aromatic heterocycles. The van der Waals surface area contributed by atoms with E-state index in [0.29, 0.717) is 22.7 Å². The third kappa shape index (κ3) is 2.44. The van der Waals surface area contributed by atoms with Crippen LogP contribution in [0.1, 0.15) is 32.9 Å². The Hall–Kier alpha value is -2.82. The Morgan fingerprint density at radius 3 is 2.48 bits per heavy atom. The first-order valence-corrected chi connectivity index (χ1v) is 7.36. The minimum Gasteiger partial charge on any atom is -0.506 e. The molecule has 118 valence electrons. The normalized spacial score (nSPS) is 11.0. The molecule has 0 unspecified atom stereocenters. The second-order valence-electron chi connectivity index (χ2n) is 5.65. The maximum atomic E-state index is 12.6. The molecule has 1 aromatic carbocycles. The van der Waals surface area contributed by atoms with Crippen LogP contribution in [-0.2, 0) is 0 Å². The molecule has 23 heavy (non-hydrogen) atoms. The smallest absolute Gasteiger partial charge is 0.292 e. The summed E-state index contributed by atoms with van der Waals surface area (Å²) in [6.45, 7) is 7.16. The second kappa shape index (κ2) is 5.43. The maximum absolute atomic E-state index is 12.6. The van der Waals surface area contributed by atoms with E-state index < -0.39 is 0 Å². The fraction of sp³-hybridized carbons (Fsp3) is 0.222. The molecule has 0 aliphatic carbocycles. The van der Waals surface area contributed by atoms with E-state index in [2.05, 4.69) is 10.3 Å². The molecule has 0 atom stereocenters. The van der Waals surface area contributed by atoms with E-state index >= 15 is 0 Å². The van der Waals surface area contributed by atoms with Crippen molar-refractivity contribution in [3.05, 3.63) is 52.4 Å². The van der Waals surface area contributed by atoms with Crippen LogP contribution in [0.15, 0.2) is 28.7 Å². The third-order valence-corrected chi connectivity index (χ3v) is 4.18. The number of hydrogen-bond acceptors (Lipinski definition) is 4. The molecule has 3 aromatic rings. The minimum absolute atomic E-state index is 0.153. The summed E-state index contributed by atoms with van der Waals surface area (Å²) in [5.41, 5.74) is 3.38. The molecule has 0 radical (unpaired) electrons. The SMILES string of the molecule is Cc1nc(NC(=O)c2oc3ccccc3c2C)c(C)c(C)c1O. The van der Waals surface area contributed by atoms with Crippen LogP contribution in [0.4, 0.5) is 5.82 Å². The van der Waals surface area contributed by atoms with Crippen molar-refractivity contribution in [3.8, 4) is 5.75 Å². The first-order chi connectivity index (χ1) is 10.9. The summed E-state index contributed by atoms with van der Waals surface area (Å²) in [4.78, 5) is 16.8. The topological polar surface area (TPSA) is 75.4 Å². The second-order valence-corrected chi connectivity index (χ2v) is 5.65. The number of benzene rings is 1. The van der Waals surface area contributed by atoms with E-state index in [-0.39, 0.29) is 17.4 Å². The van der Waals surface area contributed by atoms with Gasteiger partial charge in [0.05, 0.1) is 5.69 Å². The van der Waals surface area contributed by atoms with Gasteiger partial charge in [0, 0.05) is 10.9 Å². The van der Waals surface area contributed by atoms with Crippen molar-refractivity contribution in [1.29, 1.82) is 0 Å². The summed E-state index contributed by atoms with van der Waals surface area (Å²) in [6.07, 6.45) is 0. The minimum atomic E-state index is -0.348. The number of anilines is 1. The number of amides is 1. The summed E-state index contributed by atoms with van der Waals surface area (Å²) >= 11 is 0. The van der Waals surface area contributed by atoms with Gasteiger partial charge in [-0.2, -0.15) is 0 Å². The highest BCUT2D eigenvalue weighted by Gasteiger charge is 2.20. The fourth-order valence-electron chi connectivity index (χ4n) is 2.61. The van der Waals surface area contributed by atoms with Crippen molar-refractivity contribution in [2.75, 3.05) is 5.32 Å². The van der Waals surface area contributed by atoms with E-state index in [4.69, 9.17) is 4.42 Å². The lowest BCUT2D eigenvalue weighted by molar-refractivity contribution is 0.0997. The summed E-state index contributed by atoms with van der Waals surface area (Å²) in [5.74, 6) is 0.512. The highest BCUT2D eigenvalue weighted by molar-refractivity contribution is 6.06. The monoisotopic (exact) mass is 310 g/mol.